The number of hydrogen-bond acceptors (Lipinski definition) is 4. The summed E-state index contributed by atoms with van der Waals surface area (Å²) in [6.07, 6.45) is -0.730. The Bertz CT molecular complexity index is 588. The van der Waals surface area contributed by atoms with Gasteiger partial charge in [-0.05, 0) is 18.8 Å². The van der Waals surface area contributed by atoms with E-state index in [0.717, 1.165) is 31.1 Å². The van der Waals surface area contributed by atoms with Gasteiger partial charge < -0.3 is 10.6 Å². The lowest BCUT2D eigenvalue weighted by Crippen LogP contribution is -2.47. The van der Waals surface area contributed by atoms with Gasteiger partial charge in [0.1, 0.15) is 11.6 Å². The molecule has 1 fully saturated rings. The minimum Gasteiger partial charge on any atom is -0.353 e. The van der Waals surface area contributed by atoms with Crippen LogP contribution in [0.2, 0.25) is 0 Å². The van der Waals surface area contributed by atoms with Gasteiger partial charge in [-0.25, -0.2) is 4.98 Å². The zero-order chi connectivity index (χ0) is 17.7. The summed E-state index contributed by atoms with van der Waals surface area (Å²) in [5.74, 6) is -1.04. The van der Waals surface area contributed by atoms with Crippen molar-refractivity contribution in [1.29, 1.82) is 0 Å². The Morgan fingerprint density at radius 2 is 2.04 bits per heavy atom. The van der Waals surface area contributed by atoms with Crippen molar-refractivity contribution in [1.82, 2.24) is 15.6 Å². The van der Waals surface area contributed by atoms with Gasteiger partial charge in [-0.15, -0.1) is 22.9 Å². The van der Waals surface area contributed by atoms with Crippen LogP contribution in [0.4, 0.5) is 13.2 Å². The van der Waals surface area contributed by atoms with E-state index in [2.05, 4.69) is 15.6 Å². The van der Waals surface area contributed by atoms with E-state index >= 15 is 0 Å². The molecule has 1 saturated carbocycles. The maximum atomic E-state index is 12.6. The maximum absolute atomic E-state index is 12.6. The third kappa shape index (κ3) is 5.07. The normalized spacial score (nSPS) is 16.8. The Labute approximate surface area is 146 Å². The molecule has 1 atom stereocenters. The van der Waals surface area contributed by atoms with Crippen LogP contribution >= 0.6 is 22.9 Å². The molecule has 10 heteroatoms. The van der Waals surface area contributed by atoms with E-state index in [-0.39, 0.29) is 36.0 Å². The summed E-state index contributed by atoms with van der Waals surface area (Å²) in [4.78, 5) is 26.8. The highest BCUT2D eigenvalue weighted by Gasteiger charge is 2.35. The van der Waals surface area contributed by atoms with E-state index in [1.165, 1.54) is 0 Å². The highest BCUT2D eigenvalue weighted by molar-refractivity contribution is 7.09. The second-order valence-electron chi connectivity index (χ2n) is 5.60. The van der Waals surface area contributed by atoms with Crippen LogP contribution in [0.5, 0.6) is 0 Å². The minimum atomic E-state index is -4.57. The first kappa shape index (κ1) is 19.0. The molecule has 0 aliphatic heterocycles. The number of aromatic nitrogens is 1. The molecular weight excluding hydrogens is 367 g/mol. The molecular formula is C14H17ClF3N3O2S. The molecule has 1 aliphatic carbocycles. The fraction of sp³-hybridized carbons (Fsp3) is 0.643. The van der Waals surface area contributed by atoms with Crippen molar-refractivity contribution in [2.45, 2.75) is 37.9 Å². The molecule has 24 heavy (non-hydrogen) atoms. The van der Waals surface area contributed by atoms with Gasteiger partial charge in [-0.3, -0.25) is 9.59 Å². The van der Waals surface area contributed by atoms with Crippen LogP contribution in [-0.4, -0.2) is 35.3 Å². The van der Waals surface area contributed by atoms with Crippen molar-refractivity contribution >= 4 is 34.8 Å². The zero-order valence-corrected chi connectivity index (χ0v) is 14.2. The molecule has 1 heterocycles. The molecule has 0 aromatic carbocycles. The summed E-state index contributed by atoms with van der Waals surface area (Å²) in [5.41, 5.74) is -0.265. The molecule has 1 aliphatic rings. The Morgan fingerprint density at radius 3 is 2.58 bits per heavy atom. The van der Waals surface area contributed by atoms with Crippen LogP contribution in [0.15, 0.2) is 5.38 Å². The molecule has 1 aromatic rings. The number of thiazole rings is 1. The lowest BCUT2D eigenvalue weighted by molar-refractivity contribution is -0.137. The van der Waals surface area contributed by atoms with Crippen LogP contribution in [-0.2, 0) is 11.0 Å². The maximum Gasteiger partial charge on any atom is 0.443 e. The van der Waals surface area contributed by atoms with Crippen LogP contribution in [0.3, 0.4) is 0 Å². The minimum absolute atomic E-state index is 0.172. The van der Waals surface area contributed by atoms with E-state index in [4.69, 9.17) is 11.6 Å². The summed E-state index contributed by atoms with van der Waals surface area (Å²) in [5, 5.41) is 5.34. The van der Waals surface area contributed by atoms with Crippen LogP contribution in [0.25, 0.3) is 0 Å². The van der Waals surface area contributed by atoms with Gasteiger partial charge in [-0.2, -0.15) is 13.2 Å². The Morgan fingerprint density at radius 1 is 1.38 bits per heavy atom. The first-order valence-corrected chi connectivity index (χ1v) is 8.89. The number of nitrogens with one attached hydrogen (secondary N) is 2. The fourth-order valence-electron chi connectivity index (χ4n) is 2.72. The number of carbonyl (C=O) groups is 2. The SMILES string of the molecule is O=C(CCl)NCC(NC(=O)c1csc(C(F)(F)F)n1)C1CCCC1. The largest absolute Gasteiger partial charge is 0.443 e. The summed E-state index contributed by atoms with van der Waals surface area (Å²) in [6.45, 7) is 0.193. The number of rotatable bonds is 6. The second-order valence-corrected chi connectivity index (χ2v) is 6.72. The highest BCUT2D eigenvalue weighted by atomic mass is 35.5. The average Bonchev–Trinajstić information content (AvgIpc) is 3.20. The van der Waals surface area contributed by atoms with Gasteiger partial charge in [0.2, 0.25) is 5.91 Å². The van der Waals surface area contributed by atoms with Crippen molar-refractivity contribution in [3.63, 3.8) is 0 Å². The van der Waals surface area contributed by atoms with Gasteiger partial charge in [0, 0.05) is 18.0 Å². The molecule has 0 radical (unpaired) electrons. The number of nitrogens with zero attached hydrogens (tertiary/aromatic N) is 1. The fourth-order valence-corrected chi connectivity index (χ4v) is 3.48. The van der Waals surface area contributed by atoms with E-state index in [0.29, 0.717) is 11.3 Å². The van der Waals surface area contributed by atoms with E-state index in [9.17, 15) is 22.8 Å². The third-order valence-corrected chi connectivity index (χ3v) is 5.04. The molecule has 1 aromatic heterocycles. The lowest BCUT2D eigenvalue weighted by atomic mass is 9.98. The predicted molar refractivity (Wildman–Crippen MR) is 84.1 cm³/mol. The summed E-state index contributed by atoms with van der Waals surface area (Å²) in [7, 11) is 0. The molecule has 2 rings (SSSR count). The van der Waals surface area contributed by atoms with Gasteiger partial charge >= 0.3 is 6.18 Å². The molecule has 1 unspecified atom stereocenters. The lowest BCUT2D eigenvalue weighted by Gasteiger charge is -2.24. The van der Waals surface area contributed by atoms with Crippen molar-refractivity contribution in [2.75, 3.05) is 12.4 Å². The third-order valence-electron chi connectivity index (χ3n) is 3.91. The molecule has 0 bridgehead atoms. The first-order chi connectivity index (χ1) is 11.3. The smallest absolute Gasteiger partial charge is 0.353 e. The van der Waals surface area contributed by atoms with Crippen LogP contribution < -0.4 is 10.6 Å². The molecule has 0 saturated heterocycles. The summed E-state index contributed by atoms with van der Waals surface area (Å²) in [6, 6.07) is -0.358. The monoisotopic (exact) mass is 383 g/mol. The topological polar surface area (TPSA) is 71.1 Å². The van der Waals surface area contributed by atoms with Crippen LogP contribution in [0, 0.1) is 5.92 Å². The van der Waals surface area contributed by atoms with E-state index in [1.54, 1.807) is 0 Å². The number of carbonyl (C=O) groups excluding carboxylic acids is 2. The predicted octanol–water partition coefficient (Wildman–Crippen LogP) is 2.81. The number of halogens is 4. The van der Waals surface area contributed by atoms with Gasteiger partial charge in [0.25, 0.3) is 5.91 Å². The first-order valence-electron chi connectivity index (χ1n) is 7.47. The molecule has 2 N–H and O–H groups in total. The van der Waals surface area contributed by atoms with Gasteiger partial charge in [0.15, 0.2) is 5.01 Å². The van der Waals surface area contributed by atoms with E-state index in [1.807, 2.05) is 0 Å². The standard InChI is InChI=1S/C14H17ClF3N3O2S/c15-5-11(22)19-6-9(8-3-1-2-4-8)20-12(23)10-7-24-13(21-10)14(16,17)18/h7-9H,1-6H2,(H,19,22)(H,20,23). The molecule has 5 nitrogen and oxygen atoms in total. The van der Waals surface area contributed by atoms with Crippen molar-refractivity contribution in [2.24, 2.45) is 5.92 Å². The quantitative estimate of drug-likeness (QED) is 0.742. The second kappa shape index (κ2) is 8.15. The molecule has 0 spiro atoms. The van der Waals surface area contributed by atoms with Gasteiger partial charge in [0.05, 0.1) is 0 Å². The molecule has 2 amide bonds. The van der Waals surface area contributed by atoms with Crippen LogP contribution in [0.1, 0.15) is 41.2 Å². The Kier molecular flexibility index (Phi) is 6.45. The number of amides is 2. The van der Waals surface area contributed by atoms with Crippen molar-refractivity contribution in [3.05, 3.63) is 16.1 Å². The number of hydrogen-bond donors (Lipinski definition) is 2. The van der Waals surface area contributed by atoms with Gasteiger partial charge in [-0.1, -0.05) is 12.8 Å². The number of alkyl halides is 4. The highest BCUT2D eigenvalue weighted by Crippen LogP contribution is 2.32. The van der Waals surface area contributed by atoms with Crippen molar-refractivity contribution in [3.8, 4) is 0 Å². The Hall–Kier alpha value is -1.35. The average molecular weight is 384 g/mol. The molecule has 134 valence electrons. The van der Waals surface area contributed by atoms with E-state index < -0.39 is 17.1 Å². The van der Waals surface area contributed by atoms with Crippen molar-refractivity contribution < 1.29 is 22.8 Å². The zero-order valence-electron chi connectivity index (χ0n) is 12.7. The summed E-state index contributed by atoms with van der Waals surface area (Å²) < 4.78 is 37.7. The summed E-state index contributed by atoms with van der Waals surface area (Å²) >= 11 is 5.81. The Balaban J connectivity index is 2.03.